The molecule has 0 amide bonds. The maximum Gasteiger partial charge on any atom is 0.209 e. The first-order chi connectivity index (χ1) is 9.69. The monoisotopic (exact) mass is 294 g/mol. The summed E-state index contributed by atoms with van der Waals surface area (Å²) in [5, 5.41) is 21.7. The average Bonchev–Trinajstić information content (AvgIpc) is 2.88. The predicted octanol–water partition coefficient (Wildman–Crippen LogP) is 1.30. The van der Waals surface area contributed by atoms with Crippen LogP contribution in [0.5, 0.6) is 5.75 Å². The Kier molecular flexibility index (Phi) is 5.37. The van der Waals surface area contributed by atoms with Crippen molar-refractivity contribution in [2.45, 2.75) is 24.6 Å². The van der Waals surface area contributed by atoms with E-state index < -0.39 is 6.10 Å². The molecule has 2 aromatic rings. The summed E-state index contributed by atoms with van der Waals surface area (Å²) in [4.78, 5) is 0. The molecule has 0 aliphatic rings. The molecule has 2 rings (SSSR count). The molecule has 1 unspecified atom stereocenters. The molecular weight excluding hydrogens is 276 g/mol. The van der Waals surface area contributed by atoms with Gasteiger partial charge in [-0.2, -0.15) is 0 Å². The van der Waals surface area contributed by atoms with E-state index in [2.05, 4.69) is 28.5 Å². The predicted molar refractivity (Wildman–Crippen MR) is 76.8 cm³/mol. The first kappa shape index (κ1) is 14.8. The number of rotatable bonds is 7. The number of aromatic nitrogens is 4. The van der Waals surface area contributed by atoms with E-state index in [1.54, 1.807) is 11.7 Å². The van der Waals surface area contributed by atoms with Gasteiger partial charge in [0, 0.05) is 12.8 Å². The van der Waals surface area contributed by atoms with Gasteiger partial charge in [0.1, 0.15) is 12.4 Å². The maximum absolute atomic E-state index is 9.90. The van der Waals surface area contributed by atoms with Crippen LogP contribution in [0.1, 0.15) is 12.5 Å². The Labute approximate surface area is 122 Å². The zero-order chi connectivity index (χ0) is 14.4. The van der Waals surface area contributed by atoms with Crippen LogP contribution in [0.2, 0.25) is 0 Å². The molecule has 1 atom stereocenters. The lowest BCUT2D eigenvalue weighted by atomic mass is 10.2. The molecule has 0 saturated heterocycles. The topological polar surface area (TPSA) is 73.1 Å². The van der Waals surface area contributed by atoms with Crippen molar-refractivity contribution in [1.82, 2.24) is 20.2 Å². The van der Waals surface area contributed by atoms with Crippen LogP contribution in [-0.2, 0) is 13.5 Å². The molecule has 1 N–H and O–H groups in total. The van der Waals surface area contributed by atoms with E-state index >= 15 is 0 Å². The van der Waals surface area contributed by atoms with E-state index in [1.807, 2.05) is 18.2 Å². The van der Waals surface area contributed by atoms with Gasteiger partial charge < -0.3 is 9.84 Å². The number of benzene rings is 1. The molecule has 0 bridgehead atoms. The van der Waals surface area contributed by atoms with Crippen LogP contribution in [0.3, 0.4) is 0 Å². The van der Waals surface area contributed by atoms with Gasteiger partial charge in [0.15, 0.2) is 0 Å². The minimum absolute atomic E-state index is 0.255. The molecule has 1 heterocycles. The second-order valence-corrected chi connectivity index (χ2v) is 5.35. The fourth-order valence-corrected chi connectivity index (χ4v) is 2.37. The largest absolute Gasteiger partial charge is 0.491 e. The average molecular weight is 294 g/mol. The maximum atomic E-state index is 9.90. The van der Waals surface area contributed by atoms with Crippen molar-refractivity contribution in [2.75, 3.05) is 12.4 Å². The van der Waals surface area contributed by atoms with Crippen molar-refractivity contribution in [2.24, 2.45) is 7.05 Å². The van der Waals surface area contributed by atoms with Crippen LogP contribution in [0, 0.1) is 0 Å². The summed E-state index contributed by atoms with van der Waals surface area (Å²) < 4.78 is 7.16. The molecule has 0 radical (unpaired) electrons. The van der Waals surface area contributed by atoms with Gasteiger partial charge in [0.05, 0.1) is 6.10 Å². The molecule has 0 aliphatic heterocycles. The van der Waals surface area contributed by atoms with E-state index in [0.717, 1.165) is 12.2 Å². The van der Waals surface area contributed by atoms with Gasteiger partial charge in [-0.1, -0.05) is 30.8 Å². The summed E-state index contributed by atoms with van der Waals surface area (Å²) in [6.45, 7) is 2.35. The van der Waals surface area contributed by atoms with Crippen molar-refractivity contribution < 1.29 is 9.84 Å². The van der Waals surface area contributed by atoms with Gasteiger partial charge in [-0.25, -0.2) is 4.68 Å². The van der Waals surface area contributed by atoms with Crippen LogP contribution in [-0.4, -0.2) is 43.8 Å². The zero-order valence-corrected chi connectivity index (χ0v) is 12.4. The molecule has 0 saturated carbocycles. The molecule has 20 heavy (non-hydrogen) atoms. The van der Waals surface area contributed by atoms with E-state index in [4.69, 9.17) is 4.74 Å². The van der Waals surface area contributed by atoms with Gasteiger partial charge in [-0.3, -0.25) is 0 Å². The molecule has 0 fully saturated rings. The molecule has 0 spiro atoms. The fraction of sp³-hybridized carbons (Fsp3) is 0.462. The van der Waals surface area contributed by atoms with E-state index in [0.29, 0.717) is 10.9 Å². The Morgan fingerprint density at radius 3 is 3.00 bits per heavy atom. The summed E-state index contributed by atoms with van der Waals surface area (Å²) in [6, 6.07) is 7.90. The fourth-order valence-electron chi connectivity index (χ4n) is 1.61. The third kappa shape index (κ3) is 4.21. The molecule has 7 heteroatoms. The van der Waals surface area contributed by atoms with Crippen LogP contribution in [0.15, 0.2) is 29.4 Å². The minimum atomic E-state index is -0.568. The highest BCUT2D eigenvalue weighted by molar-refractivity contribution is 7.99. The highest BCUT2D eigenvalue weighted by Crippen LogP contribution is 2.16. The first-order valence-electron chi connectivity index (χ1n) is 6.44. The van der Waals surface area contributed by atoms with Gasteiger partial charge in [0.2, 0.25) is 5.16 Å². The van der Waals surface area contributed by atoms with E-state index in [1.165, 1.54) is 17.3 Å². The van der Waals surface area contributed by atoms with Crippen molar-refractivity contribution in [3.8, 4) is 5.75 Å². The van der Waals surface area contributed by atoms with E-state index in [-0.39, 0.29) is 6.61 Å². The Morgan fingerprint density at radius 1 is 1.45 bits per heavy atom. The molecule has 0 aliphatic carbocycles. The zero-order valence-electron chi connectivity index (χ0n) is 11.6. The number of aryl methyl sites for hydroxylation is 2. The lowest BCUT2D eigenvalue weighted by Gasteiger charge is -2.12. The van der Waals surface area contributed by atoms with Gasteiger partial charge >= 0.3 is 0 Å². The molecule has 1 aromatic heterocycles. The van der Waals surface area contributed by atoms with Crippen molar-refractivity contribution >= 4 is 11.8 Å². The van der Waals surface area contributed by atoms with Crippen LogP contribution >= 0.6 is 11.8 Å². The minimum Gasteiger partial charge on any atom is -0.491 e. The molecule has 6 nitrogen and oxygen atoms in total. The van der Waals surface area contributed by atoms with Crippen molar-refractivity contribution in [3.63, 3.8) is 0 Å². The summed E-state index contributed by atoms with van der Waals surface area (Å²) in [5.74, 6) is 1.27. The number of tetrazole rings is 1. The summed E-state index contributed by atoms with van der Waals surface area (Å²) in [5.41, 5.74) is 1.22. The molecule has 108 valence electrons. The number of thioether (sulfide) groups is 1. The summed E-state index contributed by atoms with van der Waals surface area (Å²) >= 11 is 1.40. The van der Waals surface area contributed by atoms with Crippen molar-refractivity contribution in [3.05, 3.63) is 29.8 Å². The van der Waals surface area contributed by atoms with Crippen LogP contribution in [0.4, 0.5) is 0 Å². The Hall–Kier alpha value is -1.60. The van der Waals surface area contributed by atoms with Gasteiger partial charge in [0.25, 0.3) is 0 Å². The second kappa shape index (κ2) is 7.25. The van der Waals surface area contributed by atoms with Crippen LogP contribution in [0.25, 0.3) is 0 Å². The SMILES string of the molecule is CCc1cccc(OCC(O)CSc2nnnn2C)c1. The number of hydrogen-bond donors (Lipinski definition) is 1. The molecular formula is C13H18N4O2S. The number of nitrogens with zero attached hydrogens (tertiary/aromatic N) is 4. The van der Waals surface area contributed by atoms with Gasteiger partial charge in [-0.15, -0.1) is 5.10 Å². The summed E-state index contributed by atoms with van der Waals surface area (Å²) in [7, 11) is 1.77. The third-order valence-corrected chi connectivity index (χ3v) is 3.89. The summed E-state index contributed by atoms with van der Waals surface area (Å²) in [6.07, 6.45) is 0.399. The Bertz CT molecular complexity index is 547. The number of ether oxygens (including phenoxy) is 1. The third-order valence-electron chi connectivity index (χ3n) is 2.74. The quantitative estimate of drug-likeness (QED) is 0.776. The number of aliphatic hydroxyl groups is 1. The van der Waals surface area contributed by atoms with E-state index in [9.17, 15) is 5.11 Å². The number of aliphatic hydroxyl groups excluding tert-OH is 1. The lowest BCUT2D eigenvalue weighted by molar-refractivity contribution is 0.126. The first-order valence-corrected chi connectivity index (χ1v) is 7.42. The highest BCUT2D eigenvalue weighted by atomic mass is 32.2. The number of hydrogen-bond acceptors (Lipinski definition) is 6. The smallest absolute Gasteiger partial charge is 0.209 e. The highest BCUT2D eigenvalue weighted by Gasteiger charge is 2.10. The van der Waals surface area contributed by atoms with Crippen molar-refractivity contribution in [1.29, 1.82) is 0 Å². The van der Waals surface area contributed by atoms with Crippen LogP contribution < -0.4 is 4.74 Å². The second-order valence-electron chi connectivity index (χ2n) is 4.36. The standard InChI is InChI=1S/C13H18N4O2S/c1-3-10-5-4-6-12(7-10)19-8-11(18)9-20-13-14-15-16-17(13)2/h4-7,11,18H,3,8-9H2,1-2H3. The lowest BCUT2D eigenvalue weighted by Crippen LogP contribution is -2.20. The normalized spacial score (nSPS) is 12.3. The Balaban J connectivity index is 1.77. The molecule has 1 aromatic carbocycles. The van der Waals surface area contributed by atoms with Gasteiger partial charge in [-0.05, 0) is 34.5 Å². The Morgan fingerprint density at radius 2 is 2.30 bits per heavy atom.